The van der Waals surface area contributed by atoms with Crippen LogP contribution in [0.25, 0.3) is 16.5 Å². The van der Waals surface area contributed by atoms with Gasteiger partial charge in [0.05, 0.1) is 12.7 Å². The highest BCUT2D eigenvalue weighted by molar-refractivity contribution is 6.13. The summed E-state index contributed by atoms with van der Waals surface area (Å²) >= 11 is 0. The Hall–Kier alpha value is -3.86. The Labute approximate surface area is 187 Å². The van der Waals surface area contributed by atoms with Gasteiger partial charge in [-0.1, -0.05) is 37.3 Å². The number of anilines is 1. The molecule has 0 fully saturated rings. The molecule has 0 aliphatic rings. The first-order valence-electron chi connectivity index (χ1n) is 10.8. The lowest BCUT2D eigenvalue weighted by Crippen LogP contribution is -2.32. The number of pyridine rings is 1. The van der Waals surface area contributed by atoms with Crippen LogP contribution in [0.3, 0.4) is 0 Å². The number of methoxy groups -OCH3 is 1. The number of nitrogens with zero attached hydrogens (tertiary/aromatic N) is 2. The van der Waals surface area contributed by atoms with Crippen LogP contribution in [-0.2, 0) is 6.42 Å². The summed E-state index contributed by atoms with van der Waals surface area (Å²) < 4.78 is 6.76. The molecule has 5 heteroatoms. The Morgan fingerprint density at radius 2 is 1.56 bits per heavy atom. The summed E-state index contributed by atoms with van der Waals surface area (Å²) in [5.74, 6) is 0.557. The second-order valence-corrected chi connectivity index (χ2v) is 7.53. The monoisotopic (exact) mass is 426 g/mol. The van der Waals surface area contributed by atoms with Crippen molar-refractivity contribution in [3.63, 3.8) is 0 Å². The zero-order valence-corrected chi connectivity index (χ0v) is 18.5. The molecule has 1 amide bonds. The van der Waals surface area contributed by atoms with Crippen LogP contribution in [0.4, 0.5) is 5.69 Å². The molecule has 0 bridgehead atoms. The Bertz CT molecular complexity index is 1310. The summed E-state index contributed by atoms with van der Waals surface area (Å²) in [6.07, 6.45) is 2.59. The fourth-order valence-electron chi connectivity index (χ4n) is 3.90. The summed E-state index contributed by atoms with van der Waals surface area (Å²) in [5, 5.41) is 1.16. The van der Waals surface area contributed by atoms with Crippen molar-refractivity contribution < 1.29 is 9.53 Å². The lowest BCUT2D eigenvalue weighted by Gasteiger charge is -2.23. The minimum atomic E-state index is -0.169. The Morgan fingerprint density at radius 3 is 2.16 bits per heavy atom. The first-order valence-corrected chi connectivity index (χ1v) is 10.8. The number of benzene rings is 3. The molecule has 0 radical (unpaired) electrons. The van der Waals surface area contributed by atoms with Crippen LogP contribution in [0.1, 0.15) is 29.8 Å². The summed E-state index contributed by atoms with van der Waals surface area (Å²) in [5.41, 5.74) is 3.04. The van der Waals surface area contributed by atoms with Gasteiger partial charge >= 0.3 is 0 Å². The van der Waals surface area contributed by atoms with Crippen LogP contribution >= 0.6 is 0 Å². The average molecular weight is 427 g/mol. The predicted octanol–water partition coefficient (Wildman–Crippen LogP) is 5.23. The molecule has 0 aliphatic carbocycles. The highest BCUT2D eigenvalue weighted by Crippen LogP contribution is 2.24. The summed E-state index contributed by atoms with van der Waals surface area (Å²) in [4.78, 5) is 28.7. The number of carbonyl (C=O) groups excluding carboxylic acids is 1. The van der Waals surface area contributed by atoms with E-state index in [0.29, 0.717) is 34.3 Å². The van der Waals surface area contributed by atoms with Crippen molar-refractivity contribution in [2.24, 2.45) is 0 Å². The summed E-state index contributed by atoms with van der Waals surface area (Å²) in [6.45, 7) is 4.57. The molecule has 32 heavy (non-hydrogen) atoms. The van der Waals surface area contributed by atoms with E-state index in [1.807, 2.05) is 61.5 Å². The van der Waals surface area contributed by atoms with Gasteiger partial charge in [0, 0.05) is 34.9 Å². The van der Waals surface area contributed by atoms with E-state index in [0.717, 1.165) is 12.1 Å². The number of hydrogen-bond donors (Lipinski definition) is 0. The van der Waals surface area contributed by atoms with Crippen molar-refractivity contribution in [3.05, 3.63) is 100 Å². The maximum absolute atomic E-state index is 13.7. The number of aryl methyl sites for hydroxylation is 1. The van der Waals surface area contributed by atoms with Gasteiger partial charge in [-0.3, -0.25) is 14.2 Å². The third kappa shape index (κ3) is 3.89. The van der Waals surface area contributed by atoms with Gasteiger partial charge in [-0.25, -0.2) is 0 Å². The molecule has 162 valence electrons. The quantitative estimate of drug-likeness (QED) is 0.424. The molecule has 0 saturated heterocycles. The van der Waals surface area contributed by atoms with E-state index in [-0.39, 0.29) is 11.5 Å². The first kappa shape index (κ1) is 21.4. The van der Waals surface area contributed by atoms with Crippen LogP contribution < -0.4 is 15.2 Å². The highest BCUT2D eigenvalue weighted by atomic mass is 16.5. The van der Waals surface area contributed by atoms with Gasteiger partial charge in [0.25, 0.3) is 11.5 Å². The zero-order valence-electron chi connectivity index (χ0n) is 18.5. The molecule has 4 aromatic rings. The number of carbonyl (C=O) groups is 1. The van der Waals surface area contributed by atoms with Gasteiger partial charge in [-0.05, 0) is 61.4 Å². The first-order chi connectivity index (χ1) is 15.6. The van der Waals surface area contributed by atoms with Crippen LogP contribution in [0.15, 0.2) is 83.8 Å². The summed E-state index contributed by atoms with van der Waals surface area (Å²) in [7, 11) is 1.60. The summed E-state index contributed by atoms with van der Waals surface area (Å²) in [6, 6.07) is 22.5. The molecule has 0 saturated carbocycles. The van der Waals surface area contributed by atoms with Gasteiger partial charge in [0.1, 0.15) is 5.75 Å². The molecule has 0 unspecified atom stereocenters. The third-order valence-corrected chi connectivity index (χ3v) is 5.72. The third-order valence-electron chi connectivity index (χ3n) is 5.72. The van der Waals surface area contributed by atoms with Crippen LogP contribution in [0, 0.1) is 0 Å². The normalized spacial score (nSPS) is 10.8. The van der Waals surface area contributed by atoms with Crippen LogP contribution in [-0.4, -0.2) is 24.1 Å². The fraction of sp³-hybridized carbons (Fsp3) is 0.185. The van der Waals surface area contributed by atoms with Crippen molar-refractivity contribution in [2.45, 2.75) is 20.3 Å². The van der Waals surface area contributed by atoms with Crippen LogP contribution in [0.5, 0.6) is 5.75 Å². The number of fused-ring (bicyclic) bond motifs is 1. The SMILES string of the molecule is CCc1ccc(N(CC)C(=O)c2cn(-c3ccc(OC)cc3)c(=O)c3ccccc23)cc1. The smallest absolute Gasteiger partial charge is 0.262 e. The molecule has 4 rings (SSSR count). The lowest BCUT2D eigenvalue weighted by molar-refractivity contribution is 0.0989. The van der Waals surface area contributed by atoms with Crippen LogP contribution in [0.2, 0.25) is 0 Å². The van der Waals surface area contributed by atoms with E-state index in [4.69, 9.17) is 4.74 Å². The highest BCUT2D eigenvalue weighted by Gasteiger charge is 2.21. The molecular weight excluding hydrogens is 400 g/mol. The van der Waals surface area contributed by atoms with Crippen molar-refractivity contribution in [2.75, 3.05) is 18.6 Å². The van der Waals surface area contributed by atoms with E-state index in [1.54, 1.807) is 36.4 Å². The molecule has 0 spiro atoms. The molecule has 0 atom stereocenters. The number of aromatic nitrogens is 1. The minimum Gasteiger partial charge on any atom is -0.497 e. The number of amides is 1. The van der Waals surface area contributed by atoms with E-state index >= 15 is 0 Å². The number of hydrogen-bond acceptors (Lipinski definition) is 3. The maximum Gasteiger partial charge on any atom is 0.262 e. The van der Waals surface area contributed by atoms with Crippen molar-refractivity contribution in [1.29, 1.82) is 0 Å². The number of rotatable bonds is 6. The minimum absolute atomic E-state index is 0.143. The predicted molar refractivity (Wildman–Crippen MR) is 129 cm³/mol. The van der Waals surface area contributed by atoms with E-state index < -0.39 is 0 Å². The average Bonchev–Trinajstić information content (AvgIpc) is 2.85. The molecule has 1 aromatic heterocycles. The van der Waals surface area contributed by atoms with E-state index in [2.05, 4.69) is 6.92 Å². The Morgan fingerprint density at radius 1 is 0.906 bits per heavy atom. The standard InChI is InChI=1S/C27H26N2O3/c1-4-19-10-12-20(13-11-19)28(5-2)27(31)25-18-29(21-14-16-22(32-3)17-15-21)26(30)24-9-7-6-8-23(24)25/h6-18H,4-5H2,1-3H3. The molecule has 1 heterocycles. The largest absolute Gasteiger partial charge is 0.497 e. The molecule has 3 aromatic carbocycles. The van der Waals surface area contributed by atoms with E-state index in [9.17, 15) is 9.59 Å². The van der Waals surface area contributed by atoms with Crippen molar-refractivity contribution in [1.82, 2.24) is 4.57 Å². The van der Waals surface area contributed by atoms with Gasteiger partial charge in [0.2, 0.25) is 0 Å². The second-order valence-electron chi connectivity index (χ2n) is 7.53. The number of ether oxygens (including phenoxy) is 1. The van der Waals surface area contributed by atoms with Crippen molar-refractivity contribution >= 4 is 22.4 Å². The second kappa shape index (κ2) is 9.10. The molecule has 0 N–H and O–H groups in total. The zero-order chi connectivity index (χ0) is 22.7. The molecule has 5 nitrogen and oxygen atoms in total. The fourth-order valence-corrected chi connectivity index (χ4v) is 3.90. The van der Waals surface area contributed by atoms with Gasteiger partial charge in [-0.2, -0.15) is 0 Å². The Kier molecular flexibility index (Phi) is 6.08. The molecule has 0 aliphatic heterocycles. The molecular formula is C27H26N2O3. The topological polar surface area (TPSA) is 51.5 Å². The van der Waals surface area contributed by atoms with E-state index in [1.165, 1.54) is 10.1 Å². The van der Waals surface area contributed by atoms with Gasteiger partial charge < -0.3 is 9.64 Å². The Balaban J connectivity index is 1.87. The van der Waals surface area contributed by atoms with Gasteiger partial charge in [-0.15, -0.1) is 0 Å². The van der Waals surface area contributed by atoms with Crippen molar-refractivity contribution in [3.8, 4) is 11.4 Å². The maximum atomic E-state index is 13.7. The van der Waals surface area contributed by atoms with Gasteiger partial charge in [0.15, 0.2) is 0 Å². The lowest BCUT2D eigenvalue weighted by atomic mass is 10.1.